The Balaban J connectivity index is 2.28. The maximum absolute atomic E-state index is 4.23. The lowest BCUT2D eigenvalue weighted by molar-refractivity contribution is 0.769. The van der Waals surface area contributed by atoms with Gasteiger partial charge < -0.3 is 9.55 Å². The standard InChI is InChI=1S/C14H15N3/c1-3-17-9-15-8-13(17)12-7-16-14-10(2)5-4-6-11(12)14/h4-9,16H,3H2,1-2H3. The molecule has 3 nitrogen and oxygen atoms in total. The molecule has 0 aliphatic rings. The van der Waals surface area contributed by atoms with E-state index in [1.165, 1.54) is 27.7 Å². The summed E-state index contributed by atoms with van der Waals surface area (Å²) in [6.45, 7) is 5.19. The van der Waals surface area contributed by atoms with Gasteiger partial charge in [0.25, 0.3) is 0 Å². The van der Waals surface area contributed by atoms with Crippen LogP contribution in [0.4, 0.5) is 0 Å². The van der Waals surface area contributed by atoms with Crippen LogP contribution in [0.2, 0.25) is 0 Å². The Morgan fingerprint density at radius 3 is 3.06 bits per heavy atom. The van der Waals surface area contributed by atoms with Crippen LogP contribution in [0.3, 0.4) is 0 Å². The Labute approximate surface area is 100 Å². The van der Waals surface area contributed by atoms with Gasteiger partial charge in [-0.1, -0.05) is 18.2 Å². The number of para-hydroxylation sites is 1. The minimum absolute atomic E-state index is 0.938. The van der Waals surface area contributed by atoms with Crippen molar-refractivity contribution in [1.29, 1.82) is 0 Å². The third-order valence-corrected chi connectivity index (χ3v) is 3.25. The molecule has 1 N–H and O–H groups in total. The van der Waals surface area contributed by atoms with Gasteiger partial charge in [-0.25, -0.2) is 4.98 Å². The SMILES string of the molecule is CCn1cncc1-c1c[nH]c2c(C)cccc12. The highest BCUT2D eigenvalue weighted by Crippen LogP contribution is 2.29. The molecular weight excluding hydrogens is 210 g/mol. The predicted molar refractivity (Wildman–Crippen MR) is 69.9 cm³/mol. The molecule has 0 bridgehead atoms. The van der Waals surface area contributed by atoms with Crippen LogP contribution < -0.4 is 0 Å². The summed E-state index contributed by atoms with van der Waals surface area (Å²) in [7, 11) is 0. The molecule has 0 saturated heterocycles. The largest absolute Gasteiger partial charge is 0.360 e. The summed E-state index contributed by atoms with van der Waals surface area (Å²) in [5.74, 6) is 0. The van der Waals surface area contributed by atoms with Gasteiger partial charge in [0, 0.05) is 29.2 Å². The number of nitrogens with one attached hydrogen (secondary N) is 1. The maximum Gasteiger partial charge on any atom is 0.0950 e. The Hall–Kier alpha value is -2.03. The first-order chi connectivity index (χ1) is 8.31. The Morgan fingerprint density at radius 2 is 2.24 bits per heavy atom. The van der Waals surface area contributed by atoms with Crippen molar-refractivity contribution >= 4 is 10.9 Å². The van der Waals surface area contributed by atoms with Gasteiger partial charge in [0.1, 0.15) is 0 Å². The number of fused-ring (bicyclic) bond motifs is 1. The summed E-state index contributed by atoms with van der Waals surface area (Å²) >= 11 is 0. The number of nitrogens with zero attached hydrogens (tertiary/aromatic N) is 2. The lowest BCUT2D eigenvalue weighted by Crippen LogP contribution is -1.93. The van der Waals surface area contributed by atoms with E-state index < -0.39 is 0 Å². The summed E-state index contributed by atoms with van der Waals surface area (Å²) in [5.41, 5.74) is 4.88. The second-order valence-corrected chi connectivity index (χ2v) is 4.26. The van der Waals surface area contributed by atoms with Crippen molar-refractivity contribution in [1.82, 2.24) is 14.5 Å². The molecule has 86 valence electrons. The number of H-pyrrole nitrogens is 1. The van der Waals surface area contributed by atoms with E-state index in [2.05, 4.69) is 52.8 Å². The second-order valence-electron chi connectivity index (χ2n) is 4.26. The fourth-order valence-electron chi connectivity index (χ4n) is 2.31. The average Bonchev–Trinajstić information content (AvgIpc) is 2.94. The summed E-state index contributed by atoms with van der Waals surface area (Å²) < 4.78 is 2.16. The van der Waals surface area contributed by atoms with Gasteiger partial charge in [0.2, 0.25) is 0 Å². The molecule has 1 aromatic carbocycles. The summed E-state index contributed by atoms with van der Waals surface area (Å²) in [5, 5.41) is 1.26. The first-order valence-electron chi connectivity index (χ1n) is 5.88. The number of aromatic nitrogens is 3. The van der Waals surface area contributed by atoms with Gasteiger partial charge in [-0.3, -0.25) is 0 Å². The highest BCUT2D eigenvalue weighted by Gasteiger charge is 2.10. The van der Waals surface area contributed by atoms with Crippen LogP contribution >= 0.6 is 0 Å². The highest BCUT2D eigenvalue weighted by molar-refractivity contribution is 5.96. The van der Waals surface area contributed by atoms with E-state index in [9.17, 15) is 0 Å². The summed E-state index contributed by atoms with van der Waals surface area (Å²) in [6.07, 6.45) is 5.87. The number of benzene rings is 1. The van der Waals surface area contributed by atoms with E-state index >= 15 is 0 Å². The van der Waals surface area contributed by atoms with Gasteiger partial charge in [0.05, 0.1) is 18.2 Å². The summed E-state index contributed by atoms with van der Waals surface area (Å²) in [6, 6.07) is 6.38. The number of rotatable bonds is 2. The molecule has 0 radical (unpaired) electrons. The minimum atomic E-state index is 0.938. The van der Waals surface area contributed by atoms with Crippen LogP contribution in [0.5, 0.6) is 0 Å². The normalized spacial score (nSPS) is 11.2. The monoisotopic (exact) mass is 225 g/mol. The van der Waals surface area contributed by atoms with Crippen molar-refractivity contribution in [2.24, 2.45) is 0 Å². The van der Waals surface area contributed by atoms with E-state index in [-0.39, 0.29) is 0 Å². The predicted octanol–water partition coefficient (Wildman–Crippen LogP) is 3.36. The van der Waals surface area contributed by atoms with Crippen molar-refractivity contribution in [3.63, 3.8) is 0 Å². The van der Waals surface area contributed by atoms with E-state index in [1.807, 2.05) is 12.5 Å². The van der Waals surface area contributed by atoms with Crippen LogP contribution in [0.15, 0.2) is 36.9 Å². The number of hydrogen-bond acceptors (Lipinski definition) is 1. The third-order valence-electron chi connectivity index (χ3n) is 3.25. The van der Waals surface area contributed by atoms with Crippen molar-refractivity contribution in [2.75, 3.05) is 0 Å². The van der Waals surface area contributed by atoms with Crippen molar-refractivity contribution in [3.05, 3.63) is 42.5 Å². The molecule has 2 heterocycles. The van der Waals surface area contributed by atoms with Gasteiger partial charge in [-0.2, -0.15) is 0 Å². The van der Waals surface area contributed by atoms with Crippen LogP contribution in [-0.2, 0) is 6.54 Å². The topological polar surface area (TPSA) is 33.6 Å². The number of aryl methyl sites for hydroxylation is 2. The molecule has 0 unspecified atom stereocenters. The molecule has 0 aliphatic heterocycles. The zero-order valence-corrected chi connectivity index (χ0v) is 10.1. The van der Waals surface area contributed by atoms with E-state index in [1.54, 1.807) is 0 Å². The number of aromatic amines is 1. The zero-order chi connectivity index (χ0) is 11.8. The summed E-state index contributed by atoms with van der Waals surface area (Å²) in [4.78, 5) is 7.58. The molecule has 2 aromatic heterocycles. The smallest absolute Gasteiger partial charge is 0.0950 e. The molecule has 0 saturated carbocycles. The fourth-order valence-corrected chi connectivity index (χ4v) is 2.31. The van der Waals surface area contributed by atoms with Gasteiger partial charge in [-0.05, 0) is 19.4 Å². The first kappa shape index (κ1) is 10.1. The van der Waals surface area contributed by atoms with Crippen LogP contribution in [0.25, 0.3) is 22.2 Å². The minimum Gasteiger partial charge on any atom is -0.360 e. The molecule has 0 amide bonds. The Kier molecular flexibility index (Phi) is 2.25. The first-order valence-corrected chi connectivity index (χ1v) is 5.88. The Bertz CT molecular complexity index is 661. The fraction of sp³-hybridized carbons (Fsp3) is 0.214. The van der Waals surface area contributed by atoms with Crippen molar-refractivity contribution in [3.8, 4) is 11.3 Å². The maximum atomic E-state index is 4.23. The molecule has 0 fully saturated rings. The molecule has 3 aromatic rings. The van der Waals surface area contributed by atoms with E-state index in [0.29, 0.717) is 0 Å². The molecule has 3 heteroatoms. The van der Waals surface area contributed by atoms with E-state index in [0.717, 1.165) is 6.54 Å². The third kappa shape index (κ3) is 1.46. The molecule has 0 spiro atoms. The molecule has 0 atom stereocenters. The van der Waals surface area contributed by atoms with Crippen LogP contribution in [-0.4, -0.2) is 14.5 Å². The van der Waals surface area contributed by atoms with Crippen molar-refractivity contribution < 1.29 is 0 Å². The van der Waals surface area contributed by atoms with Crippen molar-refractivity contribution in [2.45, 2.75) is 20.4 Å². The molecule has 17 heavy (non-hydrogen) atoms. The highest BCUT2D eigenvalue weighted by atomic mass is 15.0. The van der Waals surface area contributed by atoms with Crippen LogP contribution in [0.1, 0.15) is 12.5 Å². The van der Waals surface area contributed by atoms with Gasteiger partial charge >= 0.3 is 0 Å². The van der Waals surface area contributed by atoms with Crippen LogP contribution in [0, 0.1) is 6.92 Å². The zero-order valence-electron chi connectivity index (χ0n) is 10.1. The lowest BCUT2D eigenvalue weighted by Gasteiger charge is -2.03. The molecule has 3 rings (SSSR count). The number of hydrogen-bond donors (Lipinski definition) is 1. The van der Waals surface area contributed by atoms with Gasteiger partial charge in [-0.15, -0.1) is 0 Å². The second kappa shape index (κ2) is 3.77. The van der Waals surface area contributed by atoms with E-state index in [4.69, 9.17) is 0 Å². The quantitative estimate of drug-likeness (QED) is 0.712. The molecular formula is C14H15N3. The Morgan fingerprint density at radius 1 is 1.35 bits per heavy atom. The molecule has 0 aliphatic carbocycles. The van der Waals surface area contributed by atoms with Gasteiger partial charge in [0.15, 0.2) is 0 Å². The number of imidazole rings is 1. The average molecular weight is 225 g/mol. The lowest BCUT2D eigenvalue weighted by atomic mass is 10.1.